The van der Waals surface area contributed by atoms with Gasteiger partial charge >= 0.3 is 5.97 Å². The highest BCUT2D eigenvalue weighted by atomic mass is 16.5. The van der Waals surface area contributed by atoms with E-state index in [-0.39, 0.29) is 0 Å². The van der Waals surface area contributed by atoms with Gasteiger partial charge in [-0.1, -0.05) is 6.58 Å². The number of hydrazone groups is 1. The molecule has 0 spiro atoms. The molecule has 62 valence electrons. The molecule has 3 N–H and O–H groups in total. The van der Waals surface area contributed by atoms with E-state index in [0.717, 1.165) is 12.4 Å². The number of ether oxygens (including phenoxy) is 1. The van der Waals surface area contributed by atoms with Crippen molar-refractivity contribution in [3.63, 3.8) is 0 Å². The van der Waals surface area contributed by atoms with E-state index in [1.54, 1.807) is 0 Å². The van der Waals surface area contributed by atoms with E-state index in [4.69, 9.17) is 5.53 Å². The summed E-state index contributed by atoms with van der Waals surface area (Å²) in [5, 5.41) is 5.56. The molecule has 0 bridgehead atoms. The first-order valence-corrected chi connectivity index (χ1v) is 2.51. The van der Waals surface area contributed by atoms with Crippen molar-refractivity contribution in [2.75, 3.05) is 7.11 Å². The lowest BCUT2D eigenvalue weighted by Gasteiger charge is -1.83. The van der Waals surface area contributed by atoms with Crippen LogP contribution in [0.15, 0.2) is 22.9 Å². The molecule has 0 aliphatic heterocycles. The van der Waals surface area contributed by atoms with Crippen molar-refractivity contribution in [3.8, 4) is 0 Å². The maximum Gasteiger partial charge on any atom is 0.329 e. The Bertz CT molecular complexity index is 155. The summed E-state index contributed by atoms with van der Waals surface area (Å²) < 4.78 is 4.14. The van der Waals surface area contributed by atoms with E-state index in [1.807, 2.05) is 0 Å². The molecule has 6 heteroatoms. The third-order valence-electron chi connectivity index (χ3n) is 0.492. The van der Waals surface area contributed by atoms with Crippen molar-refractivity contribution in [1.29, 1.82) is 5.53 Å². The molecule has 0 amide bonds. The summed E-state index contributed by atoms with van der Waals surface area (Å²) in [7, 11) is 1.31. The molecule has 0 aromatic rings. The Kier molecular flexibility index (Phi) is 12.1. The van der Waals surface area contributed by atoms with Gasteiger partial charge in [-0.25, -0.2) is 10.3 Å². The van der Waals surface area contributed by atoms with Crippen LogP contribution < -0.4 is 5.84 Å². The van der Waals surface area contributed by atoms with Crippen molar-refractivity contribution < 1.29 is 9.53 Å². The molecule has 0 atom stereocenters. The highest BCUT2D eigenvalue weighted by molar-refractivity contribution is 5.80. The topological polar surface area (TPSA) is 101 Å². The monoisotopic (exact) mass is 158 g/mol. The Morgan fingerprint density at radius 2 is 2.36 bits per heavy atom. The lowest BCUT2D eigenvalue weighted by Crippen LogP contribution is -1.91. The Morgan fingerprint density at radius 3 is 2.36 bits per heavy atom. The molecule has 0 heterocycles. The minimum absolute atomic E-state index is 0.394. The second-order valence-electron chi connectivity index (χ2n) is 1.12. The summed E-state index contributed by atoms with van der Waals surface area (Å²) in [6, 6.07) is 0. The zero-order chi connectivity index (χ0) is 9.11. The molecule has 0 saturated heterocycles. The Labute approximate surface area is 64.2 Å². The van der Waals surface area contributed by atoms with Gasteiger partial charge in [-0.05, 0) is 0 Å². The van der Waals surface area contributed by atoms with Crippen LogP contribution in [0.5, 0.6) is 0 Å². The van der Waals surface area contributed by atoms with Gasteiger partial charge in [0.05, 0.1) is 7.11 Å². The summed E-state index contributed by atoms with van der Waals surface area (Å²) in [6.07, 6.45) is 2.06. The Balaban J connectivity index is 0. The predicted molar refractivity (Wildman–Crippen MR) is 40.0 cm³/mol. The lowest BCUT2D eigenvalue weighted by molar-refractivity contribution is -0.134. The standard InChI is InChI=1S/C4H6O2.CH4N4/c1-3-4(5)6-2;2-4-1-5-3/h3H,1H2,2H3;1-2H,3H2. The minimum atomic E-state index is -0.394. The number of hydrogen-bond donors (Lipinski definition) is 2. The highest BCUT2D eigenvalue weighted by Crippen LogP contribution is 1.67. The van der Waals surface area contributed by atoms with Gasteiger partial charge < -0.3 is 10.6 Å². The molecule has 0 unspecified atom stereocenters. The summed E-state index contributed by atoms with van der Waals surface area (Å²) in [5.41, 5.74) is 6.00. The third kappa shape index (κ3) is 17.8. The van der Waals surface area contributed by atoms with Crippen LogP contribution in [-0.4, -0.2) is 19.4 Å². The number of rotatable bonds is 2. The lowest BCUT2D eigenvalue weighted by atomic mass is 10.7. The van der Waals surface area contributed by atoms with E-state index < -0.39 is 5.97 Å². The third-order valence-corrected chi connectivity index (χ3v) is 0.492. The van der Waals surface area contributed by atoms with Crippen LogP contribution in [0, 0.1) is 5.53 Å². The smallest absolute Gasteiger partial charge is 0.329 e. The first kappa shape index (κ1) is 12.0. The van der Waals surface area contributed by atoms with Crippen molar-refractivity contribution in [2.45, 2.75) is 0 Å². The molecular formula is C5H10N4O2. The minimum Gasteiger partial charge on any atom is -0.466 e. The molecule has 6 nitrogen and oxygen atoms in total. The fraction of sp³-hybridized carbons (Fsp3) is 0.200. The van der Waals surface area contributed by atoms with E-state index >= 15 is 0 Å². The normalized spacial score (nSPS) is 7.73. The molecule has 0 saturated carbocycles. The maximum absolute atomic E-state index is 9.84. The zero-order valence-corrected chi connectivity index (χ0v) is 6.15. The van der Waals surface area contributed by atoms with E-state index in [9.17, 15) is 4.79 Å². The van der Waals surface area contributed by atoms with Gasteiger partial charge in [0.25, 0.3) is 0 Å². The Morgan fingerprint density at radius 1 is 1.82 bits per heavy atom. The molecule has 0 aliphatic rings. The second-order valence-corrected chi connectivity index (χ2v) is 1.12. The van der Waals surface area contributed by atoms with Gasteiger partial charge in [0, 0.05) is 6.08 Å². The molecule has 0 radical (unpaired) electrons. The molecule has 0 rings (SSSR count). The number of nitrogens with zero attached hydrogens (tertiary/aromatic N) is 2. The quantitative estimate of drug-likeness (QED) is 0.115. The first-order valence-electron chi connectivity index (χ1n) is 2.51. The van der Waals surface area contributed by atoms with Crippen molar-refractivity contribution in [3.05, 3.63) is 12.7 Å². The fourth-order valence-corrected chi connectivity index (χ4v) is 0.117. The van der Waals surface area contributed by atoms with Gasteiger partial charge in [0.15, 0.2) is 6.34 Å². The molecular weight excluding hydrogens is 148 g/mol. The van der Waals surface area contributed by atoms with Crippen molar-refractivity contribution in [2.24, 2.45) is 16.1 Å². The van der Waals surface area contributed by atoms with E-state index in [0.29, 0.717) is 0 Å². The highest BCUT2D eigenvalue weighted by Gasteiger charge is 1.81. The SMILES string of the molecule is C=CC(=O)OC.N=NC=NN. The number of nitrogens with two attached hydrogens (primary N) is 1. The van der Waals surface area contributed by atoms with Crippen molar-refractivity contribution in [1.82, 2.24) is 0 Å². The van der Waals surface area contributed by atoms with Crippen LogP contribution in [0.2, 0.25) is 0 Å². The number of carbonyl (C=O) groups excluding carboxylic acids is 1. The summed E-state index contributed by atoms with van der Waals surface area (Å²) in [5.74, 6) is 4.10. The van der Waals surface area contributed by atoms with Crippen LogP contribution in [0.3, 0.4) is 0 Å². The summed E-state index contributed by atoms with van der Waals surface area (Å²) in [4.78, 5) is 9.84. The van der Waals surface area contributed by atoms with Gasteiger partial charge in [-0.2, -0.15) is 5.10 Å². The molecule has 0 aromatic carbocycles. The largest absolute Gasteiger partial charge is 0.466 e. The zero-order valence-electron chi connectivity index (χ0n) is 6.15. The number of carbonyl (C=O) groups is 1. The predicted octanol–water partition coefficient (Wildman–Crippen LogP) is 0.265. The molecule has 11 heavy (non-hydrogen) atoms. The van der Waals surface area contributed by atoms with Crippen molar-refractivity contribution >= 4 is 12.3 Å². The maximum atomic E-state index is 9.84. The fourth-order valence-electron chi connectivity index (χ4n) is 0.117. The average molecular weight is 158 g/mol. The van der Waals surface area contributed by atoms with Crippen LogP contribution in [0.4, 0.5) is 0 Å². The van der Waals surface area contributed by atoms with Crippen LogP contribution in [0.1, 0.15) is 0 Å². The number of methoxy groups -OCH3 is 1. The molecule has 0 aliphatic carbocycles. The Hall–Kier alpha value is -1.72. The number of nitrogens with one attached hydrogen (secondary N) is 1. The van der Waals surface area contributed by atoms with Gasteiger partial charge in [0.2, 0.25) is 0 Å². The van der Waals surface area contributed by atoms with Crippen LogP contribution in [-0.2, 0) is 9.53 Å². The average Bonchev–Trinajstić information content (AvgIpc) is 2.06. The van der Waals surface area contributed by atoms with Gasteiger partial charge in [0.1, 0.15) is 0 Å². The molecule has 0 fully saturated rings. The van der Waals surface area contributed by atoms with E-state index in [1.165, 1.54) is 7.11 Å². The second kappa shape index (κ2) is 11.1. The first-order chi connectivity index (χ1) is 5.22. The van der Waals surface area contributed by atoms with E-state index in [2.05, 4.69) is 27.4 Å². The van der Waals surface area contributed by atoms with Crippen LogP contribution >= 0.6 is 0 Å². The number of esters is 1. The van der Waals surface area contributed by atoms with Crippen LogP contribution in [0.25, 0.3) is 0 Å². The summed E-state index contributed by atoms with van der Waals surface area (Å²) in [6.45, 7) is 3.16. The summed E-state index contributed by atoms with van der Waals surface area (Å²) >= 11 is 0. The number of hydrogen-bond acceptors (Lipinski definition) is 5. The van der Waals surface area contributed by atoms with Gasteiger partial charge in [-0.3, -0.25) is 0 Å². The van der Waals surface area contributed by atoms with Gasteiger partial charge in [-0.15, -0.1) is 5.11 Å². The molecule has 0 aromatic heterocycles.